The van der Waals surface area contributed by atoms with Crippen molar-refractivity contribution < 1.29 is 14.6 Å². The quantitative estimate of drug-likeness (QED) is 0.588. The third-order valence-corrected chi connectivity index (χ3v) is 1.48. The molecule has 56 valence electrons. The number of allylic oxidation sites excluding steroid dienone is 1. The molecular formula is C7H10O3. The number of carbonyl (C=O) groups is 1. The van der Waals surface area contributed by atoms with E-state index in [0.717, 1.165) is 0 Å². The summed E-state index contributed by atoms with van der Waals surface area (Å²) in [4.78, 5) is 10.8. The predicted molar refractivity (Wildman–Crippen MR) is 35.5 cm³/mol. The van der Waals surface area contributed by atoms with Crippen molar-refractivity contribution in [1.82, 2.24) is 0 Å². The van der Waals surface area contributed by atoms with E-state index in [0.29, 0.717) is 25.0 Å². The molecule has 1 aliphatic carbocycles. The van der Waals surface area contributed by atoms with Crippen LogP contribution in [0.3, 0.4) is 0 Å². The Morgan fingerprint density at radius 1 is 1.70 bits per heavy atom. The van der Waals surface area contributed by atoms with Crippen LogP contribution in [0.5, 0.6) is 0 Å². The summed E-state index contributed by atoms with van der Waals surface area (Å²) in [6.07, 6.45) is 1.28. The number of aliphatic hydroxyl groups is 1. The van der Waals surface area contributed by atoms with Crippen LogP contribution < -0.4 is 0 Å². The summed E-state index contributed by atoms with van der Waals surface area (Å²) in [5, 5.41) is 8.88. The van der Waals surface area contributed by atoms with Crippen molar-refractivity contribution in [2.75, 3.05) is 6.61 Å². The molecule has 3 nitrogen and oxygen atoms in total. The zero-order valence-corrected chi connectivity index (χ0v) is 5.89. The van der Waals surface area contributed by atoms with Gasteiger partial charge in [0.25, 0.3) is 0 Å². The molecule has 10 heavy (non-hydrogen) atoms. The molecule has 0 atom stereocenters. The van der Waals surface area contributed by atoms with Crippen molar-refractivity contribution in [3.05, 3.63) is 11.3 Å². The van der Waals surface area contributed by atoms with Crippen LogP contribution in [-0.4, -0.2) is 17.7 Å². The maximum atomic E-state index is 10.8. The summed E-state index contributed by atoms with van der Waals surface area (Å²) in [6.45, 7) is 2.11. The fourth-order valence-electron chi connectivity index (χ4n) is 0.800. The van der Waals surface area contributed by atoms with E-state index in [-0.39, 0.29) is 11.7 Å². The lowest BCUT2D eigenvalue weighted by Gasteiger charge is -2.16. The highest BCUT2D eigenvalue weighted by Crippen LogP contribution is 2.25. The molecule has 0 saturated carbocycles. The maximum absolute atomic E-state index is 10.8. The van der Waals surface area contributed by atoms with E-state index in [2.05, 4.69) is 4.74 Å². The zero-order chi connectivity index (χ0) is 7.56. The van der Waals surface area contributed by atoms with Gasteiger partial charge in [-0.2, -0.15) is 0 Å². The summed E-state index contributed by atoms with van der Waals surface area (Å²) in [6, 6.07) is 0. The van der Waals surface area contributed by atoms with E-state index in [4.69, 9.17) is 5.11 Å². The Kier molecular flexibility index (Phi) is 1.94. The first-order chi connectivity index (χ1) is 4.75. The lowest BCUT2D eigenvalue weighted by molar-refractivity contribution is -0.139. The largest absolute Gasteiger partial charge is 0.512 e. The third kappa shape index (κ3) is 1.12. The van der Waals surface area contributed by atoms with E-state index in [1.807, 2.05) is 0 Å². The lowest BCUT2D eigenvalue weighted by Crippen LogP contribution is -2.16. The molecular weight excluding hydrogens is 132 g/mol. The van der Waals surface area contributed by atoms with Crippen molar-refractivity contribution in [2.24, 2.45) is 0 Å². The second-order valence-electron chi connectivity index (χ2n) is 2.15. The molecule has 0 aliphatic heterocycles. The highest BCUT2D eigenvalue weighted by Gasteiger charge is 2.23. The minimum atomic E-state index is -0.369. The van der Waals surface area contributed by atoms with Gasteiger partial charge in [-0.05, 0) is 13.3 Å². The van der Waals surface area contributed by atoms with Crippen molar-refractivity contribution in [3.8, 4) is 0 Å². The number of aliphatic hydroxyl groups excluding tert-OH is 1. The van der Waals surface area contributed by atoms with Gasteiger partial charge in [-0.3, -0.25) is 0 Å². The van der Waals surface area contributed by atoms with E-state index in [9.17, 15) is 4.79 Å². The minimum Gasteiger partial charge on any atom is -0.512 e. The summed E-state index contributed by atoms with van der Waals surface area (Å²) in [5.74, 6) is -0.176. The Morgan fingerprint density at radius 2 is 2.40 bits per heavy atom. The van der Waals surface area contributed by atoms with Gasteiger partial charge in [-0.1, -0.05) is 0 Å². The lowest BCUT2D eigenvalue weighted by atomic mass is 9.97. The molecule has 0 heterocycles. The second-order valence-corrected chi connectivity index (χ2v) is 2.15. The van der Waals surface area contributed by atoms with Crippen LogP contribution in [0.4, 0.5) is 0 Å². The van der Waals surface area contributed by atoms with Gasteiger partial charge in [0.2, 0.25) is 0 Å². The summed E-state index contributed by atoms with van der Waals surface area (Å²) >= 11 is 0. The fraction of sp³-hybridized carbons (Fsp3) is 0.571. The Labute approximate surface area is 59.3 Å². The van der Waals surface area contributed by atoms with Crippen molar-refractivity contribution in [2.45, 2.75) is 19.8 Å². The molecule has 0 unspecified atom stereocenters. The third-order valence-electron chi connectivity index (χ3n) is 1.48. The first kappa shape index (κ1) is 7.12. The van der Waals surface area contributed by atoms with Crippen LogP contribution in [-0.2, 0) is 9.53 Å². The van der Waals surface area contributed by atoms with Gasteiger partial charge in [-0.15, -0.1) is 0 Å². The molecule has 0 aromatic rings. The number of carbonyl (C=O) groups excluding carboxylic acids is 1. The van der Waals surface area contributed by atoms with Gasteiger partial charge in [0.1, 0.15) is 5.76 Å². The molecule has 1 aliphatic rings. The van der Waals surface area contributed by atoms with Crippen molar-refractivity contribution in [1.29, 1.82) is 0 Å². The first-order valence-electron chi connectivity index (χ1n) is 3.33. The number of rotatable bonds is 2. The van der Waals surface area contributed by atoms with Crippen LogP contribution in [0.15, 0.2) is 11.3 Å². The molecule has 0 aromatic heterocycles. The average molecular weight is 142 g/mol. The summed E-state index contributed by atoms with van der Waals surface area (Å²) in [5.41, 5.74) is 0.446. The number of hydrogen-bond donors (Lipinski definition) is 1. The summed E-state index contributed by atoms with van der Waals surface area (Å²) in [7, 11) is 0. The predicted octanol–water partition coefficient (Wildman–Crippen LogP) is 1.16. The van der Waals surface area contributed by atoms with Gasteiger partial charge in [0, 0.05) is 6.42 Å². The van der Waals surface area contributed by atoms with Gasteiger partial charge in [-0.25, -0.2) is 4.79 Å². The summed E-state index contributed by atoms with van der Waals surface area (Å²) < 4.78 is 4.66. The molecule has 3 heteroatoms. The Bertz CT molecular complexity index is 181. The van der Waals surface area contributed by atoms with Crippen LogP contribution in [0.25, 0.3) is 0 Å². The van der Waals surface area contributed by atoms with Crippen molar-refractivity contribution in [3.63, 3.8) is 0 Å². The Hall–Kier alpha value is -0.990. The van der Waals surface area contributed by atoms with Crippen LogP contribution in [0.2, 0.25) is 0 Å². The zero-order valence-electron chi connectivity index (χ0n) is 5.89. The molecule has 1 N–H and O–H groups in total. The molecule has 0 spiro atoms. The van der Waals surface area contributed by atoms with E-state index >= 15 is 0 Å². The smallest absolute Gasteiger partial charge is 0.337 e. The number of hydrogen-bond acceptors (Lipinski definition) is 3. The van der Waals surface area contributed by atoms with Crippen LogP contribution in [0.1, 0.15) is 19.8 Å². The molecule has 0 fully saturated rings. The van der Waals surface area contributed by atoms with Crippen LogP contribution in [0, 0.1) is 0 Å². The monoisotopic (exact) mass is 142 g/mol. The van der Waals surface area contributed by atoms with Gasteiger partial charge in [0.05, 0.1) is 12.2 Å². The SMILES string of the molecule is CCOC(=O)C1=C(O)CC1. The number of esters is 1. The normalized spacial score (nSPS) is 16.5. The van der Waals surface area contributed by atoms with Crippen molar-refractivity contribution >= 4 is 5.97 Å². The molecule has 0 amide bonds. The fourth-order valence-corrected chi connectivity index (χ4v) is 0.800. The molecule has 0 saturated heterocycles. The van der Waals surface area contributed by atoms with Gasteiger partial charge in [0.15, 0.2) is 0 Å². The highest BCUT2D eigenvalue weighted by atomic mass is 16.5. The second kappa shape index (κ2) is 2.73. The molecule has 0 aromatic carbocycles. The topological polar surface area (TPSA) is 46.5 Å². The van der Waals surface area contributed by atoms with Gasteiger partial charge >= 0.3 is 5.97 Å². The Morgan fingerprint density at radius 3 is 2.70 bits per heavy atom. The first-order valence-corrected chi connectivity index (χ1v) is 3.33. The number of ether oxygens (including phenoxy) is 1. The van der Waals surface area contributed by atoms with E-state index in [1.165, 1.54) is 0 Å². The van der Waals surface area contributed by atoms with E-state index in [1.54, 1.807) is 6.92 Å². The van der Waals surface area contributed by atoms with Crippen LogP contribution >= 0.6 is 0 Å². The molecule has 0 radical (unpaired) electrons. The average Bonchev–Trinajstić information content (AvgIpc) is 1.85. The maximum Gasteiger partial charge on any atom is 0.337 e. The van der Waals surface area contributed by atoms with E-state index < -0.39 is 0 Å². The molecule has 1 rings (SSSR count). The minimum absolute atomic E-state index is 0.193. The molecule has 0 bridgehead atoms. The standard InChI is InChI=1S/C7H10O3/c1-2-10-7(9)5-3-4-6(5)8/h8H,2-4H2,1H3. The highest BCUT2D eigenvalue weighted by molar-refractivity contribution is 5.90. The van der Waals surface area contributed by atoms with Gasteiger partial charge < -0.3 is 9.84 Å². The Balaban J connectivity index is 2.50.